The number of carbonyl (C=O) groups is 2. The SMILES string of the molecule is CCOc1ccccc1C(=O)NCC(=O)OCc1ccccc1Oc1cccnc1. The second kappa shape index (κ2) is 10.6. The minimum atomic E-state index is -0.562. The molecule has 7 heteroatoms. The number of para-hydroxylation sites is 2. The van der Waals surface area contributed by atoms with Crippen LogP contribution in [0.25, 0.3) is 0 Å². The van der Waals surface area contributed by atoms with Gasteiger partial charge in [-0.1, -0.05) is 30.3 Å². The zero-order valence-corrected chi connectivity index (χ0v) is 16.5. The molecule has 0 spiro atoms. The number of hydrogen-bond acceptors (Lipinski definition) is 6. The fourth-order valence-electron chi connectivity index (χ4n) is 2.65. The molecule has 7 nitrogen and oxygen atoms in total. The highest BCUT2D eigenvalue weighted by atomic mass is 16.5. The fourth-order valence-corrected chi connectivity index (χ4v) is 2.65. The maximum atomic E-state index is 12.4. The van der Waals surface area contributed by atoms with Gasteiger partial charge in [0.2, 0.25) is 0 Å². The molecule has 3 rings (SSSR count). The molecule has 30 heavy (non-hydrogen) atoms. The average Bonchev–Trinajstić information content (AvgIpc) is 2.78. The van der Waals surface area contributed by atoms with Gasteiger partial charge in [-0.25, -0.2) is 0 Å². The van der Waals surface area contributed by atoms with Crippen molar-refractivity contribution in [3.8, 4) is 17.2 Å². The number of nitrogens with zero attached hydrogens (tertiary/aromatic N) is 1. The van der Waals surface area contributed by atoms with Gasteiger partial charge in [0.15, 0.2) is 0 Å². The largest absolute Gasteiger partial charge is 0.493 e. The monoisotopic (exact) mass is 406 g/mol. The van der Waals surface area contributed by atoms with Crippen LogP contribution < -0.4 is 14.8 Å². The summed E-state index contributed by atoms with van der Waals surface area (Å²) in [6.45, 7) is 2.03. The minimum absolute atomic E-state index is 0.0146. The van der Waals surface area contributed by atoms with Crippen molar-refractivity contribution < 1.29 is 23.8 Å². The minimum Gasteiger partial charge on any atom is -0.493 e. The normalized spacial score (nSPS) is 10.2. The molecule has 0 aliphatic rings. The summed E-state index contributed by atoms with van der Waals surface area (Å²) in [5.41, 5.74) is 1.06. The summed E-state index contributed by atoms with van der Waals surface area (Å²) in [4.78, 5) is 28.5. The standard InChI is InChI=1S/C23H22N2O5/c1-2-28-21-12-6-4-10-19(21)23(27)25-15-22(26)29-16-17-8-3-5-11-20(17)30-18-9-7-13-24-14-18/h3-14H,2,15-16H2,1H3,(H,25,27). The number of amides is 1. The maximum Gasteiger partial charge on any atom is 0.325 e. The van der Waals surface area contributed by atoms with Gasteiger partial charge in [0.25, 0.3) is 5.91 Å². The molecular formula is C23H22N2O5. The quantitative estimate of drug-likeness (QED) is 0.545. The molecule has 1 aromatic heterocycles. The van der Waals surface area contributed by atoms with Crippen LogP contribution in [0.15, 0.2) is 73.1 Å². The van der Waals surface area contributed by atoms with E-state index in [0.29, 0.717) is 35.0 Å². The molecule has 0 saturated carbocycles. The number of pyridine rings is 1. The summed E-state index contributed by atoms with van der Waals surface area (Å²) in [7, 11) is 0. The van der Waals surface area contributed by atoms with Crippen LogP contribution in [0.2, 0.25) is 0 Å². The smallest absolute Gasteiger partial charge is 0.325 e. The summed E-state index contributed by atoms with van der Waals surface area (Å²) in [5.74, 6) is 0.640. The van der Waals surface area contributed by atoms with Gasteiger partial charge in [-0.15, -0.1) is 0 Å². The van der Waals surface area contributed by atoms with Gasteiger partial charge in [-0.2, -0.15) is 0 Å². The highest BCUT2D eigenvalue weighted by molar-refractivity contribution is 5.98. The van der Waals surface area contributed by atoms with Gasteiger partial charge < -0.3 is 19.5 Å². The number of esters is 1. The number of benzene rings is 2. The first-order valence-electron chi connectivity index (χ1n) is 9.48. The summed E-state index contributed by atoms with van der Waals surface area (Å²) in [5, 5.41) is 2.56. The Morgan fingerprint density at radius 2 is 1.73 bits per heavy atom. The molecule has 0 saturated heterocycles. The lowest BCUT2D eigenvalue weighted by molar-refractivity contribution is -0.143. The van der Waals surface area contributed by atoms with Crippen molar-refractivity contribution in [1.29, 1.82) is 0 Å². The molecule has 154 valence electrons. The van der Waals surface area contributed by atoms with Gasteiger partial charge >= 0.3 is 5.97 Å². The van der Waals surface area contributed by atoms with Crippen molar-refractivity contribution in [3.63, 3.8) is 0 Å². The molecule has 0 atom stereocenters. The van der Waals surface area contributed by atoms with Gasteiger partial charge in [0, 0.05) is 11.8 Å². The van der Waals surface area contributed by atoms with Gasteiger partial charge in [-0.05, 0) is 37.3 Å². The van der Waals surface area contributed by atoms with E-state index in [-0.39, 0.29) is 13.2 Å². The van der Waals surface area contributed by atoms with Crippen molar-refractivity contribution in [2.45, 2.75) is 13.5 Å². The van der Waals surface area contributed by atoms with Crippen LogP contribution in [0.5, 0.6) is 17.2 Å². The third kappa shape index (κ3) is 5.81. The fraction of sp³-hybridized carbons (Fsp3) is 0.174. The first-order valence-corrected chi connectivity index (χ1v) is 9.48. The predicted molar refractivity (Wildman–Crippen MR) is 110 cm³/mol. The molecule has 1 heterocycles. The topological polar surface area (TPSA) is 86.8 Å². The number of nitrogens with one attached hydrogen (secondary N) is 1. The molecule has 1 amide bonds. The Balaban J connectivity index is 1.54. The van der Waals surface area contributed by atoms with E-state index in [9.17, 15) is 9.59 Å². The highest BCUT2D eigenvalue weighted by Gasteiger charge is 2.14. The summed E-state index contributed by atoms with van der Waals surface area (Å²) < 4.78 is 16.5. The third-order valence-corrected chi connectivity index (χ3v) is 4.05. The second-order valence-electron chi connectivity index (χ2n) is 6.17. The predicted octanol–water partition coefficient (Wildman–Crippen LogP) is 3.75. The lowest BCUT2D eigenvalue weighted by Crippen LogP contribution is -2.30. The van der Waals surface area contributed by atoms with Crippen LogP contribution in [0.4, 0.5) is 0 Å². The van der Waals surface area contributed by atoms with Crippen molar-refractivity contribution in [3.05, 3.63) is 84.2 Å². The lowest BCUT2D eigenvalue weighted by Gasteiger charge is -2.12. The van der Waals surface area contributed by atoms with E-state index in [1.165, 1.54) is 0 Å². The molecule has 0 unspecified atom stereocenters. The van der Waals surface area contributed by atoms with Crippen molar-refractivity contribution >= 4 is 11.9 Å². The molecule has 1 N–H and O–H groups in total. The number of aromatic nitrogens is 1. The maximum absolute atomic E-state index is 12.4. The second-order valence-corrected chi connectivity index (χ2v) is 6.17. The number of ether oxygens (including phenoxy) is 3. The van der Waals surface area contributed by atoms with E-state index in [1.807, 2.05) is 19.1 Å². The zero-order valence-electron chi connectivity index (χ0n) is 16.5. The summed E-state index contributed by atoms with van der Waals surface area (Å²) in [6, 6.07) is 17.6. The Morgan fingerprint density at radius 3 is 2.50 bits per heavy atom. The van der Waals surface area contributed by atoms with Crippen LogP contribution in [0.3, 0.4) is 0 Å². The first kappa shape index (κ1) is 20.9. The Labute approximate surface area is 174 Å². The van der Waals surface area contributed by atoms with Crippen LogP contribution in [0, 0.1) is 0 Å². The van der Waals surface area contributed by atoms with Crippen LogP contribution in [-0.4, -0.2) is 30.0 Å². The molecule has 0 radical (unpaired) electrons. The van der Waals surface area contributed by atoms with E-state index < -0.39 is 11.9 Å². The molecule has 0 fully saturated rings. The van der Waals surface area contributed by atoms with Crippen LogP contribution >= 0.6 is 0 Å². The van der Waals surface area contributed by atoms with Gasteiger partial charge in [0.05, 0.1) is 18.4 Å². The Kier molecular flexibility index (Phi) is 7.38. The Morgan fingerprint density at radius 1 is 0.967 bits per heavy atom. The molecule has 0 aliphatic heterocycles. The first-order chi connectivity index (χ1) is 14.7. The van der Waals surface area contributed by atoms with Crippen LogP contribution in [-0.2, 0) is 16.1 Å². The summed E-state index contributed by atoms with van der Waals surface area (Å²) >= 11 is 0. The molecule has 3 aromatic rings. The Hall–Kier alpha value is -3.87. The van der Waals surface area contributed by atoms with E-state index in [0.717, 1.165) is 0 Å². The van der Waals surface area contributed by atoms with Crippen LogP contribution in [0.1, 0.15) is 22.8 Å². The molecule has 0 aliphatic carbocycles. The molecule has 2 aromatic carbocycles. The van der Waals surface area contributed by atoms with E-state index >= 15 is 0 Å². The van der Waals surface area contributed by atoms with E-state index in [2.05, 4.69) is 10.3 Å². The third-order valence-electron chi connectivity index (χ3n) is 4.05. The molecular weight excluding hydrogens is 384 g/mol. The lowest BCUT2D eigenvalue weighted by atomic mass is 10.2. The number of rotatable bonds is 9. The highest BCUT2D eigenvalue weighted by Crippen LogP contribution is 2.25. The van der Waals surface area contributed by atoms with Gasteiger partial charge in [-0.3, -0.25) is 14.6 Å². The van der Waals surface area contributed by atoms with E-state index in [4.69, 9.17) is 14.2 Å². The van der Waals surface area contributed by atoms with Crippen molar-refractivity contribution in [2.24, 2.45) is 0 Å². The zero-order chi connectivity index (χ0) is 21.2. The average molecular weight is 406 g/mol. The summed E-state index contributed by atoms with van der Waals surface area (Å²) in [6.07, 6.45) is 3.25. The number of carbonyl (C=O) groups excluding carboxylic acids is 2. The van der Waals surface area contributed by atoms with Crippen molar-refractivity contribution in [2.75, 3.05) is 13.2 Å². The molecule has 0 bridgehead atoms. The Bertz CT molecular complexity index is 992. The van der Waals surface area contributed by atoms with Crippen molar-refractivity contribution in [1.82, 2.24) is 10.3 Å². The number of hydrogen-bond donors (Lipinski definition) is 1. The van der Waals surface area contributed by atoms with Gasteiger partial charge in [0.1, 0.15) is 30.4 Å². The van der Waals surface area contributed by atoms with E-state index in [1.54, 1.807) is 60.9 Å².